The van der Waals surface area contributed by atoms with Gasteiger partial charge in [-0.25, -0.2) is 0 Å². The Labute approximate surface area is 100 Å². The summed E-state index contributed by atoms with van der Waals surface area (Å²) in [5.74, 6) is 0.354. The van der Waals surface area contributed by atoms with Crippen LogP contribution in [0.15, 0.2) is 54.6 Å². The molecule has 0 atom stereocenters. The quantitative estimate of drug-likeness (QED) is 0.807. The minimum atomic E-state index is 0.0399. The maximum absolute atomic E-state index is 10.2. The number of phenolic OH excluding ortho intramolecular Hbond substituents is 1. The highest BCUT2D eigenvalue weighted by molar-refractivity contribution is 5.76. The molecular formula is C14H14O3. The van der Waals surface area contributed by atoms with Crippen LogP contribution in [-0.2, 0) is 0 Å². The molecule has 3 heteroatoms. The van der Waals surface area contributed by atoms with Gasteiger partial charge in [0.05, 0.1) is 7.11 Å². The van der Waals surface area contributed by atoms with Crippen LogP contribution in [0.25, 0.3) is 0 Å². The number of aldehydes is 1. The zero-order chi connectivity index (χ0) is 12.5. The summed E-state index contributed by atoms with van der Waals surface area (Å²) in [5.41, 5.74) is 0.486. The van der Waals surface area contributed by atoms with E-state index in [1.165, 1.54) is 25.3 Å². The topological polar surface area (TPSA) is 46.5 Å². The number of rotatable bonds is 2. The van der Waals surface area contributed by atoms with Gasteiger partial charge in [0.1, 0.15) is 6.29 Å². The Morgan fingerprint density at radius 1 is 1.06 bits per heavy atom. The number of carbonyl (C=O) groups is 1. The van der Waals surface area contributed by atoms with E-state index in [9.17, 15) is 4.79 Å². The fraction of sp³-hybridized carbons (Fsp3) is 0.0714. The van der Waals surface area contributed by atoms with E-state index in [0.29, 0.717) is 17.6 Å². The molecule has 1 N–H and O–H groups in total. The Bertz CT molecular complexity index is 426. The third-order valence-electron chi connectivity index (χ3n) is 2.01. The van der Waals surface area contributed by atoms with Crippen LogP contribution >= 0.6 is 0 Å². The zero-order valence-corrected chi connectivity index (χ0v) is 9.54. The second kappa shape index (κ2) is 7.06. The molecule has 2 aromatic carbocycles. The molecule has 17 heavy (non-hydrogen) atoms. The van der Waals surface area contributed by atoms with Crippen molar-refractivity contribution in [3.8, 4) is 11.5 Å². The molecule has 0 aliphatic heterocycles. The van der Waals surface area contributed by atoms with Crippen molar-refractivity contribution in [2.24, 2.45) is 0 Å². The SMILES string of the molecule is COc1cc(C=O)ccc1O.c1ccccc1. The Morgan fingerprint density at radius 3 is 2.00 bits per heavy atom. The van der Waals surface area contributed by atoms with Crippen LogP contribution < -0.4 is 4.74 Å². The van der Waals surface area contributed by atoms with E-state index in [1.807, 2.05) is 36.4 Å². The lowest BCUT2D eigenvalue weighted by Gasteiger charge is -2.01. The molecule has 0 aromatic heterocycles. The molecule has 0 heterocycles. The predicted octanol–water partition coefficient (Wildman–Crippen LogP) is 2.90. The molecule has 0 fully saturated rings. The second-order valence-electron chi connectivity index (χ2n) is 3.20. The van der Waals surface area contributed by atoms with Crippen LogP contribution in [0.3, 0.4) is 0 Å². The van der Waals surface area contributed by atoms with Gasteiger partial charge >= 0.3 is 0 Å². The van der Waals surface area contributed by atoms with E-state index in [-0.39, 0.29) is 5.75 Å². The lowest BCUT2D eigenvalue weighted by Crippen LogP contribution is -1.85. The maximum atomic E-state index is 10.2. The lowest BCUT2D eigenvalue weighted by atomic mass is 10.2. The van der Waals surface area contributed by atoms with Gasteiger partial charge in [0.25, 0.3) is 0 Å². The number of methoxy groups -OCH3 is 1. The molecule has 0 spiro atoms. The summed E-state index contributed by atoms with van der Waals surface area (Å²) in [4.78, 5) is 10.2. The van der Waals surface area contributed by atoms with Crippen molar-refractivity contribution in [3.63, 3.8) is 0 Å². The minimum Gasteiger partial charge on any atom is -0.504 e. The number of benzene rings is 2. The molecule has 0 unspecified atom stereocenters. The average Bonchev–Trinajstić information content (AvgIpc) is 2.42. The van der Waals surface area contributed by atoms with Gasteiger partial charge in [0.2, 0.25) is 0 Å². The van der Waals surface area contributed by atoms with Crippen LogP contribution in [0, 0.1) is 0 Å². The summed E-state index contributed by atoms with van der Waals surface area (Å²) in [5, 5.41) is 9.09. The molecule has 0 radical (unpaired) electrons. The largest absolute Gasteiger partial charge is 0.504 e. The van der Waals surface area contributed by atoms with E-state index in [4.69, 9.17) is 9.84 Å². The number of aromatic hydroxyl groups is 1. The Morgan fingerprint density at radius 2 is 1.59 bits per heavy atom. The van der Waals surface area contributed by atoms with E-state index in [0.717, 1.165) is 0 Å². The summed E-state index contributed by atoms with van der Waals surface area (Å²) >= 11 is 0. The number of ether oxygens (including phenoxy) is 1. The first-order valence-corrected chi connectivity index (χ1v) is 5.10. The van der Waals surface area contributed by atoms with Gasteiger partial charge < -0.3 is 9.84 Å². The Hall–Kier alpha value is -2.29. The molecular weight excluding hydrogens is 216 g/mol. The van der Waals surface area contributed by atoms with Crippen molar-refractivity contribution in [2.75, 3.05) is 7.11 Å². The van der Waals surface area contributed by atoms with Gasteiger partial charge in [-0.2, -0.15) is 0 Å². The normalized spacial score (nSPS) is 8.76. The molecule has 2 aromatic rings. The molecule has 0 aliphatic rings. The summed E-state index contributed by atoms with van der Waals surface area (Å²) in [7, 11) is 1.43. The molecule has 0 bridgehead atoms. The third kappa shape index (κ3) is 4.38. The van der Waals surface area contributed by atoms with Crippen molar-refractivity contribution < 1.29 is 14.6 Å². The highest BCUT2D eigenvalue weighted by Crippen LogP contribution is 2.25. The molecule has 0 saturated heterocycles. The van der Waals surface area contributed by atoms with Gasteiger partial charge in [-0.1, -0.05) is 36.4 Å². The third-order valence-corrected chi connectivity index (χ3v) is 2.01. The van der Waals surface area contributed by atoms with Crippen LogP contribution in [0.1, 0.15) is 10.4 Å². The van der Waals surface area contributed by atoms with Crippen molar-refractivity contribution in [2.45, 2.75) is 0 Å². The maximum Gasteiger partial charge on any atom is 0.161 e. The molecule has 2 rings (SSSR count). The second-order valence-corrected chi connectivity index (χ2v) is 3.20. The van der Waals surface area contributed by atoms with Crippen molar-refractivity contribution in [3.05, 3.63) is 60.2 Å². The van der Waals surface area contributed by atoms with Gasteiger partial charge in [-0.15, -0.1) is 0 Å². The van der Waals surface area contributed by atoms with E-state index < -0.39 is 0 Å². The van der Waals surface area contributed by atoms with E-state index in [2.05, 4.69) is 0 Å². The molecule has 3 nitrogen and oxygen atoms in total. The van der Waals surface area contributed by atoms with Crippen molar-refractivity contribution in [1.29, 1.82) is 0 Å². The van der Waals surface area contributed by atoms with Gasteiger partial charge in [0.15, 0.2) is 11.5 Å². The Balaban J connectivity index is 0.000000202. The minimum absolute atomic E-state index is 0.0399. The van der Waals surface area contributed by atoms with Gasteiger partial charge in [-0.05, 0) is 18.2 Å². The highest BCUT2D eigenvalue weighted by Gasteiger charge is 2.00. The summed E-state index contributed by atoms with van der Waals surface area (Å²) in [6.07, 6.45) is 0.696. The van der Waals surface area contributed by atoms with Gasteiger partial charge in [-0.3, -0.25) is 4.79 Å². The summed E-state index contributed by atoms with van der Waals surface area (Å²) < 4.78 is 4.78. The first-order valence-electron chi connectivity index (χ1n) is 5.10. The van der Waals surface area contributed by atoms with Crippen LogP contribution in [0.2, 0.25) is 0 Å². The summed E-state index contributed by atoms with van der Waals surface area (Å²) in [6, 6.07) is 16.4. The fourth-order valence-corrected chi connectivity index (χ4v) is 1.15. The van der Waals surface area contributed by atoms with Crippen molar-refractivity contribution >= 4 is 6.29 Å². The monoisotopic (exact) mass is 230 g/mol. The predicted molar refractivity (Wildman–Crippen MR) is 66.5 cm³/mol. The Kier molecular flexibility index (Phi) is 5.31. The number of phenols is 1. The molecule has 0 saturated carbocycles. The molecule has 0 amide bonds. The first-order chi connectivity index (χ1) is 8.27. The number of hydrogen-bond donors (Lipinski definition) is 1. The summed E-state index contributed by atoms with van der Waals surface area (Å²) in [6.45, 7) is 0. The zero-order valence-electron chi connectivity index (χ0n) is 9.54. The number of hydrogen-bond acceptors (Lipinski definition) is 3. The van der Waals surface area contributed by atoms with E-state index >= 15 is 0 Å². The smallest absolute Gasteiger partial charge is 0.161 e. The lowest BCUT2D eigenvalue weighted by molar-refractivity contribution is 0.112. The van der Waals surface area contributed by atoms with Crippen LogP contribution in [0.4, 0.5) is 0 Å². The fourth-order valence-electron chi connectivity index (χ4n) is 1.15. The molecule has 0 aliphatic carbocycles. The standard InChI is InChI=1S/C8H8O3.C6H6/c1-11-8-4-6(5-9)2-3-7(8)10;1-2-4-6-5-3-1/h2-5,10H,1H3;1-6H. The number of carbonyl (C=O) groups excluding carboxylic acids is 1. The highest BCUT2D eigenvalue weighted by atomic mass is 16.5. The van der Waals surface area contributed by atoms with Crippen LogP contribution in [-0.4, -0.2) is 18.5 Å². The van der Waals surface area contributed by atoms with Crippen LogP contribution in [0.5, 0.6) is 11.5 Å². The molecule has 88 valence electrons. The van der Waals surface area contributed by atoms with E-state index in [1.54, 1.807) is 0 Å². The average molecular weight is 230 g/mol. The van der Waals surface area contributed by atoms with Crippen molar-refractivity contribution in [1.82, 2.24) is 0 Å². The van der Waals surface area contributed by atoms with Gasteiger partial charge in [0, 0.05) is 5.56 Å². The first kappa shape index (κ1) is 12.8.